The van der Waals surface area contributed by atoms with E-state index in [2.05, 4.69) is 0 Å². The Morgan fingerprint density at radius 2 is 1.79 bits per heavy atom. The zero-order valence-corrected chi connectivity index (χ0v) is 10.3. The van der Waals surface area contributed by atoms with E-state index in [0.29, 0.717) is 17.1 Å². The van der Waals surface area contributed by atoms with Crippen molar-refractivity contribution in [1.82, 2.24) is 0 Å². The molecule has 0 heterocycles. The number of ether oxygens (including phenoxy) is 2. The third kappa shape index (κ3) is 2.82. The average Bonchev–Trinajstić information content (AvgIpc) is 2.41. The number of methoxy groups -OCH3 is 1. The lowest BCUT2D eigenvalue weighted by Gasteiger charge is -2.11. The first kappa shape index (κ1) is 12.9. The summed E-state index contributed by atoms with van der Waals surface area (Å²) in [4.78, 5) is 0. The number of nitrogen functional groups attached to an aromatic ring is 1. The van der Waals surface area contributed by atoms with Crippen LogP contribution in [0.15, 0.2) is 42.5 Å². The monoisotopic (exact) mass is 260 g/mol. The number of hydrogen-bond acceptors (Lipinski definition) is 3. The quantitative estimate of drug-likeness (QED) is 0.656. The Kier molecular flexibility index (Phi) is 3.66. The number of benzene rings is 2. The maximum atomic E-state index is 13.8. The lowest BCUT2D eigenvalue weighted by Crippen LogP contribution is -2.11. The number of rotatable bonds is 4. The van der Waals surface area contributed by atoms with Crippen LogP contribution in [0.2, 0.25) is 0 Å². The SMILES string of the molecule is COc1ccccc1Oc1ccc(C(=N)N)cc1F. The molecule has 0 aliphatic heterocycles. The second-order valence-corrected chi connectivity index (χ2v) is 3.81. The van der Waals surface area contributed by atoms with Gasteiger partial charge in [0.1, 0.15) is 5.84 Å². The molecule has 0 aliphatic rings. The van der Waals surface area contributed by atoms with E-state index in [4.69, 9.17) is 20.6 Å². The minimum Gasteiger partial charge on any atom is -0.493 e. The molecule has 0 atom stereocenters. The van der Waals surface area contributed by atoms with Crippen molar-refractivity contribution >= 4 is 5.84 Å². The van der Waals surface area contributed by atoms with Crippen molar-refractivity contribution in [1.29, 1.82) is 5.41 Å². The molecule has 0 saturated heterocycles. The molecule has 19 heavy (non-hydrogen) atoms. The summed E-state index contributed by atoms with van der Waals surface area (Å²) in [6, 6.07) is 11.1. The van der Waals surface area contributed by atoms with Crippen molar-refractivity contribution in [3.63, 3.8) is 0 Å². The summed E-state index contributed by atoms with van der Waals surface area (Å²) in [5.74, 6) is 0.202. The zero-order valence-electron chi connectivity index (χ0n) is 10.3. The zero-order chi connectivity index (χ0) is 13.8. The van der Waals surface area contributed by atoms with Gasteiger partial charge in [0.15, 0.2) is 23.1 Å². The highest BCUT2D eigenvalue weighted by atomic mass is 19.1. The molecule has 0 unspecified atom stereocenters. The Balaban J connectivity index is 2.31. The molecule has 2 aromatic rings. The summed E-state index contributed by atoms with van der Waals surface area (Å²) >= 11 is 0. The summed E-state index contributed by atoms with van der Waals surface area (Å²) in [6.45, 7) is 0. The van der Waals surface area contributed by atoms with Gasteiger partial charge in [0.2, 0.25) is 0 Å². The lowest BCUT2D eigenvalue weighted by molar-refractivity contribution is 0.371. The molecule has 3 N–H and O–H groups in total. The van der Waals surface area contributed by atoms with Gasteiger partial charge in [-0.2, -0.15) is 0 Å². The van der Waals surface area contributed by atoms with E-state index < -0.39 is 5.82 Å². The number of amidine groups is 1. The Labute approximate surface area is 110 Å². The number of halogens is 1. The van der Waals surface area contributed by atoms with Crippen LogP contribution in [0, 0.1) is 11.2 Å². The molecule has 0 aliphatic carbocycles. The van der Waals surface area contributed by atoms with Crippen molar-refractivity contribution < 1.29 is 13.9 Å². The van der Waals surface area contributed by atoms with Crippen LogP contribution in [0.3, 0.4) is 0 Å². The summed E-state index contributed by atoms with van der Waals surface area (Å²) < 4.78 is 24.4. The van der Waals surface area contributed by atoms with Gasteiger partial charge < -0.3 is 15.2 Å². The van der Waals surface area contributed by atoms with Crippen molar-refractivity contribution in [2.45, 2.75) is 0 Å². The van der Waals surface area contributed by atoms with Gasteiger partial charge in [-0.3, -0.25) is 5.41 Å². The Morgan fingerprint density at radius 1 is 1.11 bits per heavy atom. The molecule has 0 fully saturated rings. The first-order valence-corrected chi connectivity index (χ1v) is 5.56. The first-order valence-electron chi connectivity index (χ1n) is 5.56. The maximum Gasteiger partial charge on any atom is 0.169 e. The van der Waals surface area contributed by atoms with Crippen LogP contribution in [0.4, 0.5) is 4.39 Å². The van der Waals surface area contributed by atoms with Gasteiger partial charge in [0, 0.05) is 5.56 Å². The van der Waals surface area contributed by atoms with E-state index in [1.165, 1.54) is 19.2 Å². The van der Waals surface area contributed by atoms with Gasteiger partial charge >= 0.3 is 0 Å². The topological polar surface area (TPSA) is 68.3 Å². The smallest absolute Gasteiger partial charge is 0.169 e. The molecule has 0 bridgehead atoms. The van der Waals surface area contributed by atoms with Crippen LogP contribution in [0.25, 0.3) is 0 Å². The first-order chi connectivity index (χ1) is 9.11. The lowest BCUT2D eigenvalue weighted by atomic mass is 10.2. The highest BCUT2D eigenvalue weighted by Gasteiger charge is 2.10. The molecule has 2 rings (SSSR count). The molecule has 0 amide bonds. The Bertz CT molecular complexity index is 614. The minimum atomic E-state index is -0.585. The second-order valence-electron chi connectivity index (χ2n) is 3.81. The highest BCUT2D eigenvalue weighted by molar-refractivity contribution is 5.95. The fourth-order valence-corrected chi connectivity index (χ4v) is 1.57. The molecular formula is C14H13FN2O2. The van der Waals surface area contributed by atoms with Gasteiger partial charge in [0.25, 0.3) is 0 Å². The van der Waals surface area contributed by atoms with Crippen LogP contribution in [-0.2, 0) is 0 Å². The third-order valence-electron chi connectivity index (χ3n) is 2.53. The number of para-hydroxylation sites is 2. The van der Waals surface area contributed by atoms with Gasteiger partial charge in [0.05, 0.1) is 7.11 Å². The highest BCUT2D eigenvalue weighted by Crippen LogP contribution is 2.32. The number of nitrogens with two attached hydrogens (primary N) is 1. The van der Waals surface area contributed by atoms with Crippen molar-refractivity contribution in [2.24, 2.45) is 5.73 Å². The second kappa shape index (κ2) is 5.39. The predicted octanol–water partition coefficient (Wildman–Crippen LogP) is 2.91. The van der Waals surface area contributed by atoms with Gasteiger partial charge in [-0.05, 0) is 30.3 Å². The minimum absolute atomic E-state index is 0.0505. The Morgan fingerprint density at radius 3 is 2.37 bits per heavy atom. The molecule has 2 aromatic carbocycles. The van der Waals surface area contributed by atoms with E-state index in [1.807, 2.05) is 0 Å². The van der Waals surface area contributed by atoms with Crippen LogP contribution in [0.1, 0.15) is 5.56 Å². The van der Waals surface area contributed by atoms with Crippen LogP contribution >= 0.6 is 0 Å². The van der Waals surface area contributed by atoms with E-state index in [1.54, 1.807) is 24.3 Å². The molecule has 0 spiro atoms. The number of nitrogens with one attached hydrogen (secondary N) is 1. The Hall–Kier alpha value is -2.56. The largest absolute Gasteiger partial charge is 0.493 e. The molecule has 4 nitrogen and oxygen atoms in total. The van der Waals surface area contributed by atoms with Crippen molar-refractivity contribution in [2.75, 3.05) is 7.11 Å². The van der Waals surface area contributed by atoms with E-state index in [-0.39, 0.29) is 11.6 Å². The van der Waals surface area contributed by atoms with Crippen LogP contribution in [-0.4, -0.2) is 12.9 Å². The fourth-order valence-electron chi connectivity index (χ4n) is 1.57. The molecule has 5 heteroatoms. The van der Waals surface area contributed by atoms with Crippen molar-refractivity contribution in [3.8, 4) is 17.2 Å². The molecule has 0 radical (unpaired) electrons. The number of hydrogen-bond donors (Lipinski definition) is 2. The normalized spacial score (nSPS) is 10.0. The van der Waals surface area contributed by atoms with Gasteiger partial charge in [-0.15, -0.1) is 0 Å². The molecule has 98 valence electrons. The van der Waals surface area contributed by atoms with Crippen LogP contribution in [0.5, 0.6) is 17.2 Å². The standard InChI is InChI=1S/C14H13FN2O2/c1-18-12-4-2-3-5-13(12)19-11-7-6-9(14(16)17)8-10(11)15/h2-8H,1H3,(H3,16,17). The third-order valence-corrected chi connectivity index (χ3v) is 2.53. The maximum absolute atomic E-state index is 13.8. The van der Waals surface area contributed by atoms with E-state index in [9.17, 15) is 4.39 Å². The summed E-state index contributed by atoms with van der Waals surface area (Å²) in [7, 11) is 1.51. The van der Waals surface area contributed by atoms with Gasteiger partial charge in [-0.25, -0.2) is 4.39 Å². The van der Waals surface area contributed by atoms with E-state index >= 15 is 0 Å². The summed E-state index contributed by atoms with van der Waals surface area (Å²) in [5.41, 5.74) is 5.60. The molecule has 0 saturated carbocycles. The predicted molar refractivity (Wildman–Crippen MR) is 70.5 cm³/mol. The van der Waals surface area contributed by atoms with Gasteiger partial charge in [-0.1, -0.05) is 12.1 Å². The summed E-state index contributed by atoms with van der Waals surface area (Å²) in [6.07, 6.45) is 0. The average molecular weight is 260 g/mol. The van der Waals surface area contributed by atoms with Crippen LogP contribution < -0.4 is 15.2 Å². The summed E-state index contributed by atoms with van der Waals surface area (Å²) in [5, 5.41) is 7.24. The fraction of sp³-hybridized carbons (Fsp3) is 0.0714. The van der Waals surface area contributed by atoms with E-state index in [0.717, 1.165) is 6.07 Å². The van der Waals surface area contributed by atoms with Crippen molar-refractivity contribution in [3.05, 3.63) is 53.8 Å². The molecular weight excluding hydrogens is 247 g/mol. The molecule has 0 aromatic heterocycles.